The molecule has 0 atom stereocenters. The molecule has 0 saturated carbocycles. The minimum Gasteiger partial charge on any atom is -0.484 e. The molecule has 0 spiro atoms. The smallest absolute Gasteiger partial charge is 0.293 e. The van der Waals surface area contributed by atoms with Gasteiger partial charge in [-0.2, -0.15) is 0 Å². The number of rotatable bonds is 7. The van der Waals surface area contributed by atoms with E-state index in [9.17, 15) is 14.4 Å². The number of hydrogen-bond donors (Lipinski definition) is 1. The van der Waals surface area contributed by atoms with Crippen LogP contribution in [0.3, 0.4) is 0 Å². The van der Waals surface area contributed by atoms with Gasteiger partial charge in [0.25, 0.3) is 17.1 Å². The molecule has 0 aliphatic carbocycles. The predicted octanol–water partition coefficient (Wildman–Crippen LogP) is 4.46. The Kier molecular flexibility index (Phi) is 6.72. The number of nitrogens with zero attached hydrogens (tertiary/aromatic N) is 1. The molecule has 0 bridgehead atoms. The Morgan fingerprint density at radius 2 is 1.79 bits per heavy atom. The zero-order chi connectivity index (χ0) is 20.8. The number of hydrogen-bond acceptors (Lipinski definition) is 5. The van der Waals surface area contributed by atoms with E-state index in [0.717, 1.165) is 35.0 Å². The van der Waals surface area contributed by atoms with E-state index in [1.807, 2.05) is 38.1 Å². The number of imide groups is 1. The Hall–Kier alpha value is -3.06. The van der Waals surface area contributed by atoms with Crippen molar-refractivity contribution in [2.45, 2.75) is 20.3 Å². The van der Waals surface area contributed by atoms with Crippen LogP contribution in [0.5, 0.6) is 5.75 Å². The Morgan fingerprint density at radius 1 is 1.10 bits per heavy atom. The van der Waals surface area contributed by atoms with Gasteiger partial charge in [0.15, 0.2) is 6.61 Å². The third kappa shape index (κ3) is 5.48. The molecule has 1 saturated heterocycles. The van der Waals surface area contributed by atoms with Gasteiger partial charge in [-0.05, 0) is 61.0 Å². The van der Waals surface area contributed by atoms with Gasteiger partial charge in [0.05, 0.1) is 4.91 Å². The number of amides is 3. The molecule has 2 aromatic rings. The van der Waals surface area contributed by atoms with Gasteiger partial charge in [0.2, 0.25) is 0 Å². The van der Waals surface area contributed by atoms with Crippen LogP contribution in [0.25, 0.3) is 6.08 Å². The van der Waals surface area contributed by atoms with Crippen molar-refractivity contribution in [1.82, 2.24) is 4.90 Å². The maximum atomic E-state index is 12.3. The van der Waals surface area contributed by atoms with E-state index < -0.39 is 0 Å². The van der Waals surface area contributed by atoms with Crippen molar-refractivity contribution >= 4 is 40.6 Å². The highest BCUT2D eigenvalue weighted by Crippen LogP contribution is 2.32. The van der Waals surface area contributed by atoms with Gasteiger partial charge in [-0.3, -0.25) is 19.3 Å². The molecule has 0 aromatic heterocycles. The van der Waals surface area contributed by atoms with Crippen LogP contribution < -0.4 is 10.1 Å². The van der Waals surface area contributed by atoms with Crippen LogP contribution in [0.4, 0.5) is 10.5 Å². The lowest BCUT2D eigenvalue weighted by Crippen LogP contribution is -2.28. The van der Waals surface area contributed by atoms with Gasteiger partial charge in [-0.15, -0.1) is 0 Å². The largest absolute Gasteiger partial charge is 0.484 e. The highest BCUT2D eigenvalue weighted by atomic mass is 32.2. The van der Waals surface area contributed by atoms with Crippen LogP contribution >= 0.6 is 11.8 Å². The Morgan fingerprint density at radius 3 is 2.45 bits per heavy atom. The van der Waals surface area contributed by atoms with Crippen LogP contribution in [0.2, 0.25) is 0 Å². The van der Waals surface area contributed by atoms with Crippen LogP contribution in [0.15, 0.2) is 53.4 Å². The quantitative estimate of drug-likeness (QED) is 0.682. The van der Waals surface area contributed by atoms with Crippen molar-refractivity contribution in [3.8, 4) is 5.75 Å². The SMILES string of the molecule is CCCN1C(=O)S/C(=C/c2ccc(OCC(=O)Nc3ccc(C)cc3)cc2)C1=O. The Labute approximate surface area is 173 Å². The zero-order valence-corrected chi connectivity index (χ0v) is 17.1. The maximum absolute atomic E-state index is 12.3. The third-order valence-electron chi connectivity index (χ3n) is 4.20. The monoisotopic (exact) mass is 410 g/mol. The first kappa shape index (κ1) is 20.7. The average Bonchev–Trinajstić information content (AvgIpc) is 2.97. The normalized spacial score (nSPS) is 15.1. The van der Waals surface area contributed by atoms with Crippen LogP contribution in [-0.4, -0.2) is 35.1 Å². The third-order valence-corrected chi connectivity index (χ3v) is 5.11. The van der Waals surface area contributed by atoms with Crippen LogP contribution in [0.1, 0.15) is 24.5 Å². The summed E-state index contributed by atoms with van der Waals surface area (Å²) < 4.78 is 5.51. The van der Waals surface area contributed by atoms with Crippen molar-refractivity contribution in [2.24, 2.45) is 0 Å². The van der Waals surface area contributed by atoms with Crippen LogP contribution in [-0.2, 0) is 9.59 Å². The van der Waals surface area contributed by atoms with Gasteiger partial charge in [-0.25, -0.2) is 0 Å². The second kappa shape index (κ2) is 9.43. The fraction of sp³-hybridized carbons (Fsp3) is 0.227. The molecule has 29 heavy (non-hydrogen) atoms. The summed E-state index contributed by atoms with van der Waals surface area (Å²) in [5, 5.41) is 2.54. The standard InChI is InChI=1S/C22H22N2O4S/c1-3-12-24-21(26)19(29-22(24)27)13-16-6-10-18(11-7-16)28-14-20(25)23-17-8-4-15(2)5-9-17/h4-11,13H,3,12,14H2,1-2H3,(H,23,25)/b19-13+. The average molecular weight is 410 g/mol. The summed E-state index contributed by atoms with van der Waals surface area (Å²) in [6, 6.07) is 14.5. The molecule has 1 aliphatic rings. The molecule has 0 unspecified atom stereocenters. The van der Waals surface area contributed by atoms with Gasteiger partial charge in [0.1, 0.15) is 5.75 Å². The molecule has 2 aromatic carbocycles. The summed E-state index contributed by atoms with van der Waals surface area (Å²) in [6.45, 7) is 4.23. The number of aryl methyl sites for hydroxylation is 1. The lowest BCUT2D eigenvalue weighted by atomic mass is 10.2. The zero-order valence-electron chi connectivity index (χ0n) is 16.3. The van der Waals surface area contributed by atoms with Gasteiger partial charge < -0.3 is 10.1 Å². The van der Waals surface area contributed by atoms with Gasteiger partial charge >= 0.3 is 0 Å². The molecule has 3 amide bonds. The van der Waals surface area contributed by atoms with E-state index in [4.69, 9.17) is 4.74 Å². The van der Waals surface area contributed by atoms with Crippen molar-refractivity contribution in [3.63, 3.8) is 0 Å². The van der Waals surface area contributed by atoms with Crippen molar-refractivity contribution in [3.05, 3.63) is 64.6 Å². The Bertz CT molecular complexity index is 936. The summed E-state index contributed by atoms with van der Waals surface area (Å²) in [4.78, 5) is 37.8. The number of nitrogens with one attached hydrogen (secondary N) is 1. The summed E-state index contributed by atoms with van der Waals surface area (Å²) >= 11 is 0.951. The topological polar surface area (TPSA) is 75.7 Å². The molecular formula is C22H22N2O4S. The minimum absolute atomic E-state index is 0.108. The second-order valence-electron chi connectivity index (χ2n) is 6.61. The second-order valence-corrected chi connectivity index (χ2v) is 7.60. The van der Waals surface area contributed by atoms with Crippen LogP contribution in [0, 0.1) is 6.92 Å². The summed E-state index contributed by atoms with van der Waals surface area (Å²) in [7, 11) is 0. The molecule has 1 aliphatic heterocycles. The number of carbonyl (C=O) groups is 3. The Balaban J connectivity index is 1.55. The fourth-order valence-corrected chi connectivity index (χ4v) is 3.58. The summed E-state index contributed by atoms with van der Waals surface area (Å²) in [5.74, 6) is 0.0396. The predicted molar refractivity (Wildman–Crippen MR) is 115 cm³/mol. The summed E-state index contributed by atoms with van der Waals surface area (Å²) in [6.07, 6.45) is 2.42. The molecule has 6 nitrogen and oxygen atoms in total. The molecule has 1 N–H and O–H groups in total. The maximum Gasteiger partial charge on any atom is 0.293 e. The van der Waals surface area contributed by atoms with Crippen molar-refractivity contribution < 1.29 is 19.1 Å². The fourth-order valence-electron chi connectivity index (χ4n) is 2.71. The molecule has 3 rings (SSSR count). The van der Waals surface area contributed by atoms with Crippen molar-refractivity contribution in [2.75, 3.05) is 18.5 Å². The number of carbonyl (C=O) groups excluding carboxylic acids is 3. The van der Waals surface area contributed by atoms with E-state index in [-0.39, 0.29) is 23.7 Å². The molecule has 150 valence electrons. The highest BCUT2D eigenvalue weighted by Gasteiger charge is 2.34. The molecule has 0 radical (unpaired) electrons. The first-order valence-corrected chi connectivity index (χ1v) is 10.1. The molecule has 7 heteroatoms. The highest BCUT2D eigenvalue weighted by molar-refractivity contribution is 8.18. The van der Waals surface area contributed by atoms with E-state index in [2.05, 4.69) is 5.32 Å². The number of thioether (sulfide) groups is 1. The van der Waals surface area contributed by atoms with Crippen molar-refractivity contribution in [1.29, 1.82) is 0 Å². The summed E-state index contributed by atoms with van der Waals surface area (Å²) in [5.41, 5.74) is 2.62. The molecular weight excluding hydrogens is 388 g/mol. The number of ether oxygens (including phenoxy) is 1. The van der Waals surface area contributed by atoms with Gasteiger partial charge in [-0.1, -0.05) is 36.8 Å². The molecule has 1 heterocycles. The first-order chi connectivity index (χ1) is 14.0. The minimum atomic E-state index is -0.255. The van der Waals surface area contributed by atoms with E-state index in [1.54, 1.807) is 30.3 Å². The van der Waals surface area contributed by atoms with E-state index in [1.165, 1.54) is 4.90 Å². The number of anilines is 1. The van der Waals surface area contributed by atoms with Gasteiger partial charge in [0, 0.05) is 12.2 Å². The molecule has 1 fully saturated rings. The number of benzene rings is 2. The van der Waals surface area contributed by atoms with E-state index >= 15 is 0 Å². The first-order valence-electron chi connectivity index (χ1n) is 9.31. The van der Waals surface area contributed by atoms with E-state index in [0.29, 0.717) is 17.2 Å². The lowest BCUT2D eigenvalue weighted by Gasteiger charge is -2.09. The lowest BCUT2D eigenvalue weighted by molar-refractivity contribution is -0.122.